The first-order valence-corrected chi connectivity index (χ1v) is 14.1. The van der Waals surface area contributed by atoms with E-state index in [9.17, 15) is 4.79 Å². The van der Waals surface area contributed by atoms with Crippen molar-refractivity contribution in [3.8, 4) is 5.75 Å². The number of pyridine rings is 1. The molecule has 0 N–H and O–H groups in total. The van der Waals surface area contributed by atoms with Crippen LogP contribution in [0.3, 0.4) is 0 Å². The molecule has 1 saturated heterocycles. The molecule has 1 aromatic heterocycles. The van der Waals surface area contributed by atoms with Gasteiger partial charge in [-0.15, -0.1) is 0 Å². The van der Waals surface area contributed by atoms with Gasteiger partial charge in [0.1, 0.15) is 5.75 Å². The second kappa shape index (κ2) is 12.2. The maximum absolute atomic E-state index is 12.0. The van der Waals surface area contributed by atoms with Crippen molar-refractivity contribution in [2.45, 2.75) is 97.6 Å². The van der Waals surface area contributed by atoms with Crippen LogP contribution in [0.5, 0.6) is 5.75 Å². The molecule has 0 radical (unpaired) electrons. The number of carbonyl (C=O) groups excluding carboxylic acids is 1. The molecule has 3 aliphatic rings. The molecule has 0 unspecified atom stereocenters. The monoisotopic (exact) mass is 480 g/mol. The molecule has 0 bridgehead atoms. The smallest absolute Gasteiger partial charge is 0.309 e. The third kappa shape index (κ3) is 6.55. The summed E-state index contributed by atoms with van der Waals surface area (Å²) < 4.78 is 11.6. The first-order valence-electron chi connectivity index (χ1n) is 14.1. The van der Waals surface area contributed by atoms with Crippen LogP contribution < -0.4 is 4.74 Å². The molecule has 2 heterocycles. The summed E-state index contributed by atoms with van der Waals surface area (Å²) in [5, 5.41) is 1.14. The highest BCUT2D eigenvalue weighted by Crippen LogP contribution is 2.49. The standard InChI is InChI=1S/C28H38N2O3.C2H6/c1-2-32-27(31)21-11-17-30(18-12-21)20-23-6-5-22-19-25(7-8-26(22)29-23)33-24-9-15-28(16-10-24)13-3-4-14-28;1-2/h5-8,19,21,24H,2-4,9-18,20H2,1H3;1-2H3. The van der Waals surface area contributed by atoms with Gasteiger partial charge in [-0.1, -0.05) is 32.8 Å². The number of aromatic nitrogens is 1. The van der Waals surface area contributed by atoms with Crippen molar-refractivity contribution in [2.75, 3.05) is 19.7 Å². The van der Waals surface area contributed by atoms with Crippen LogP contribution in [0.25, 0.3) is 10.9 Å². The van der Waals surface area contributed by atoms with Crippen molar-refractivity contribution in [3.63, 3.8) is 0 Å². The van der Waals surface area contributed by atoms with E-state index in [1.165, 1.54) is 51.4 Å². The second-order valence-electron chi connectivity index (χ2n) is 10.5. The van der Waals surface area contributed by atoms with Crippen LogP contribution in [0, 0.1) is 11.3 Å². The highest BCUT2D eigenvalue weighted by molar-refractivity contribution is 5.80. The maximum Gasteiger partial charge on any atom is 0.309 e. The molecule has 35 heavy (non-hydrogen) atoms. The van der Waals surface area contributed by atoms with Crippen LogP contribution in [-0.4, -0.2) is 41.7 Å². The number of hydrogen-bond donors (Lipinski definition) is 0. The van der Waals surface area contributed by atoms with Gasteiger partial charge in [0.05, 0.1) is 29.8 Å². The van der Waals surface area contributed by atoms with Crippen LogP contribution in [-0.2, 0) is 16.1 Å². The topological polar surface area (TPSA) is 51.7 Å². The number of nitrogens with zero attached hydrogens (tertiary/aromatic N) is 2. The molecule has 1 aromatic carbocycles. The summed E-state index contributed by atoms with van der Waals surface area (Å²) in [7, 11) is 0. The fourth-order valence-corrected chi connectivity index (χ4v) is 6.26. The lowest BCUT2D eigenvalue weighted by molar-refractivity contribution is -0.149. The number of hydrogen-bond acceptors (Lipinski definition) is 5. The van der Waals surface area contributed by atoms with E-state index in [4.69, 9.17) is 14.5 Å². The van der Waals surface area contributed by atoms with E-state index in [1.807, 2.05) is 20.8 Å². The number of likely N-dealkylation sites (tertiary alicyclic amines) is 1. The summed E-state index contributed by atoms with van der Waals surface area (Å²) in [5.41, 5.74) is 2.76. The van der Waals surface area contributed by atoms with E-state index in [0.717, 1.165) is 54.8 Å². The van der Waals surface area contributed by atoms with Crippen molar-refractivity contribution in [2.24, 2.45) is 11.3 Å². The Labute approximate surface area is 211 Å². The summed E-state index contributed by atoms with van der Waals surface area (Å²) in [4.78, 5) is 19.2. The summed E-state index contributed by atoms with van der Waals surface area (Å²) in [6.07, 6.45) is 12.9. The van der Waals surface area contributed by atoms with Crippen molar-refractivity contribution in [3.05, 3.63) is 36.0 Å². The summed E-state index contributed by atoms with van der Waals surface area (Å²) in [6.45, 7) is 8.99. The molecule has 3 fully saturated rings. The molecule has 0 atom stereocenters. The van der Waals surface area contributed by atoms with Gasteiger partial charge in [-0.05, 0) is 101 Å². The third-order valence-electron chi connectivity index (χ3n) is 8.27. The van der Waals surface area contributed by atoms with E-state index in [2.05, 4.69) is 35.2 Å². The van der Waals surface area contributed by atoms with Crippen LogP contribution in [0.1, 0.15) is 90.7 Å². The molecule has 2 aromatic rings. The largest absolute Gasteiger partial charge is 0.490 e. The van der Waals surface area contributed by atoms with Crippen molar-refractivity contribution in [1.82, 2.24) is 9.88 Å². The molecule has 192 valence electrons. The summed E-state index contributed by atoms with van der Waals surface area (Å²) in [5.74, 6) is 0.993. The van der Waals surface area contributed by atoms with Crippen molar-refractivity contribution in [1.29, 1.82) is 0 Å². The van der Waals surface area contributed by atoms with E-state index in [0.29, 0.717) is 18.1 Å². The Morgan fingerprint density at radius 1 is 1.00 bits per heavy atom. The fourth-order valence-electron chi connectivity index (χ4n) is 6.26. The fraction of sp³-hybridized carbons (Fsp3) is 0.667. The minimum atomic E-state index is -0.0368. The molecular formula is C30H44N2O3. The van der Waals surface area contributed by atoms with Crippen LogP contribution >= 0.6 is 0 Å². The summed E-state index contributed by atoms with van der Waals surface area (Å²) >= 11 is 0. The van der Waals surface area contributed by atoms with Crippen LogP contribution in [0.2, 0.25) is 0 Å². The van der Waals surface area contributed by atoms with Crippen molar-refractivity contribution >= 4 is 16.9 Å². The highest BCUT2D eigenvalue weighted by Gasteiger charge is 2.38. The molecule has 0 amide bonds. The SMILES string of the molecule is CC.CCOC(=O)C1CCN(Cc2ccc3cc(OC4CCC5(CCCC5)CC4)ccc3n2)CC1. The van der Waals surface area contributed by atoms with Gasteiger partial charge in [0.15, 0.2) is 0 Å². The van der Waals surface area contributed by atoms with Gasteiger partial charge in [0.2, 0.25) is 0 Å². The van der Waals surface area contributed by atoms with E-state index < -0.39 is 0 Å². The second-order valence-corrected chi connectivity index (χ2v) is 10.5. The average molecular weight is 481 g/mol. The lowest BCUT2D eigenvalue weighted by Crippen LogP contribution is -2.36. The van der Waals surface area contributed by atoms with Crippen LogP contribution in [0.15, 0.2) is 30.3 Å². The Morgan fingerprint density at radius 3 is 2.40 bits per heavy atom. The molecular weight excluding hydrogens is 436 g/mol. The number of rotatable bonds is 6. The van der Waals surface area contributed by atoms with Gasteiger partial charge >= 0.3 is 5.97 Å². The van der Waals surface area contributed by atoms with E-state index in [-0.39, 0.29) is 11.9 Å². The van der Waals surface area contributed by atoms with Gasteiger partial charge in [0, 0.05) is 11.9 Å². The summed E-state index contributed by atoms with van der Waals surface area (Å²) in [6, 6.07) is 10.6. The number of benzene rings is 1. The number of ether oxygens (including phenoxy) is 2. The molecule has 1 spiro atoms. The Morgan fingerprint density at radius 2 is 1.71 bits per heavy atom. The van der Waals surface area contributed by atoms with Gasteiger partial charge in [0.25, 0.3) is 0 Å². The molecule has 5 heteroatoms. The molecule has 5 nitrogen and oxygen atoms in total. The van der Waals surface area contributed by atoms with Gasteiger partial charge in [-0.25, -0.2) is 0 Å². The molecule has 5 rings (SSSR count). The molecule has 2 aliphatic carbocycles. The van der Waals surface area contributed by atoms with E-state index in [1.54, 1.807) is 0 Å². The van der Waals surface area contributed by atoms with E-state index >= 15 is 0 Å². The van der Waals surface area contributed by atoms with Gasteiger partial charge in [-0.2, -0.15) is 0 Å². The van der Waals surface area contributed by atoms with Gasteiger partial charge < -0.3 is 9.47 Å². The quantitative estimate of drug-likeness (QED) is 0.420. The number of piperidine rings is 1. The zero-order valence-electron chi connectivity index (χ0n) is 22.1. The lowest BCUT2D eigenvalue weighted by Gasteiger charge is -2.37. The zero-order valence-corrected chi connectivity index (χ0v) is 22.1. The Hall–Kier alpha value is -2.14. The first-order chi connectivity index (χ1) is 17.1. The molecule has 2 saturated carbocycles. The van der Waals surface area contributed by atoms with Crippen LogP contribution in [0.4, 0.5) is 0 Å². The minimum Gasteiger partial charge on any atom is -0.490 e. The Balaban J connectivity index is 0.00000141. The zero-order chi connectivity index (χ0) is 24.7. The number of esters is 1. The van der Waals surface area contributed by atoms with Crippen molar-refractivity contribution < 1.29 is 14.3 Å². The number of fused-ring (bicyclic) bond motifs is 1. The highest BCUT2D eigenvalue weighted by atomic mass is 16.5. The molecule has 1 aliphatic heterocycles. The minimum absolute atomic E-state index is 0.0368. The Kier molecular flexibility index (Phi) is 9.04. The Bertz CT molecular complexity index is 951. The lowest BCUT2D eigenvalue weighted by atomic mass is 9.72. The average Bonchev–Trinajstić information content (AvgIpc) is 3.35. The first kappa shape index (κ1) is 25.9. The predicted octanol–water partition coefficient (Wildman–Crippen LogP) is 6.92. The maximum atomic E-state index is 12.0. The normalized spacial score (nSPS) is 21.0. The number of carbonyl (C=O) groups is 1. The third-order valence-corrected chi connectivity index (χ3v) is 8.27. The van der Waals surface area contributed by atoms with Gasteiger partial charge in [-0.3, -0.25) is 14.7 Å². The predicted molar refractivity (Wildman–Crippen MR) is 142 cm³/mol.